The van der Waals surface area contributed by atoms with E-state index in [9.17, 15) is 9.50 Å². The molecule has 1 aromatic heterocycles. The minimum atomic E-state index is -0.935. The zero-order chi connectivity index (χ0) is 13.4. The van der Waals surface area contributed by atoms with Gasteiger partial charge in [0.15, 0.2) is 0 Å². The molecule has 0 aliphatic rings. The molecule has 96 valence electrons. The van der Waals surface area contributed by atoms with Crippen molar-refractivity contribution < 1.29 is 9.50 Å². The Morgan fingerprint density at radius 2 is 1.89 bits per heavy atom. The molecule has 1 nitrogen and oxygen atoms in total. The van der Waals surface area contributed by atoms with Gasteiger partial charge in [0, 0.05) is 19.6 Å². The first-order chi connectivity index (χ1) is 9.15. The molecule has 0 spiro atoms. The van der Waals surface area contributed by atoms with Gasteiger partial charge in [0.25, 0.3) is 0 Å². The van der Waals surface area contributed by atoms with Gasteiger partial charge in [-0.15, -0.1) is 11.3 Å². The average molecular weight is 337 g/mol. The normalized spacial score (nSPS) is 12.8. The van der Waals surface area contributed by atoms with Crippen molar-refractivity contribution in [1.82, 2.24) is 0 Å². The van der Waals surface area contributed by atoms with Crippen molar-refractivity contribution in [2.24, 2.45) is 0 Å². The van der Waals surface area contributed by atoms with Crippen molar-refractivity contribution in [3.05, 3.63) is 69.3 Å². The fourth-order valence-corrected chi connectivity index (χ4v) is 3.46. The van der Waals surface area contributed by atoms with Crippen LogP contribution in [0.4, 0.5) is 4.39 Å². The number of aliphatic hydroxyl groups is 1. The predicted molar refractivity (Wildman–Crippen MR) is 80.0 cm³/mol. The third kappa shape index (κ3) is 2.43. The van der Waals surface area contributed by atoms with Crippen LogP contribution >= 0.6 is 27.3 Å². The molecule has 0 aliphatic heterocycles. The highest BCUT2D eigenvalue weighted by molar-refractivity contribution is 9.10. The van der Waals surface area contributed by atoms with Crippen LogP contribution in [0.25, 0.3) is 10.1 Å². The van der Waals surface area contributed by atoms with E-state index in [-0.39, 0.29) is 0 Å². The predicted octanol–water partition coefficient (Wildman–Crippen LogP) is 4.88. The Morgan fingerprint density at radius 3 is 2.68 bits per heavy atom. The van der Waals surface area contributed by atoms with Crippen LogP contribution in [0.5, 0.6) is 0 Å². The molecular weight excluding hydrogens is 327 g/mol. The van der Waals surface area contributed by atoms with E-state index >= 15 is 0 Å². The molecule has 19 heavy (non-hydrogen) atoms. The molecule has 1 unspecified atom stereocenters. The first kappa shape index (κ1) is 12.8. The lowest BCUT2D eigenvalue weighted by molar-refractivity contribution is 0.219. The minimum Gasteiger partial charge on any atom is -0.383 e. The zero-order valence-corrected chi connectivity index (χ0v) is 12.2. The maximum absolute atomic E-state index is 13.8. The van der Waals surface area contributed by atoms with Crippen LogP contribution in [-0.2, 0) is 0 Å². The molecule has 2 aromatic carbocycles. The van der Waals surface area contributed by atoms with Crippen molar-refractivity contribution in [3.8, 4) is 0 Å². The summed E-state index contributed by atoms with van der Waals surface area (Å²) in [5.41, 5.74) is 0.293. The number of benzene rings is 2. The zero-order valence-electron chi connectivity index (χ0n) is 9.81. The van der Waals surface area contributed by atoms with Crippen LogP contribution in [0.3, 0.4) is 0 Å². The van der Waals surface area contributed by atoms with E-state index in [0.29, 0.717) is 5.56 Å². The minimum absolute atomic E-state index is 0.293. The first-order valence-corrected chi connectivity index (χ1v) is 7.37. The molecule has 0 radical (unpaired) electrons. The fraction of sp³-hybridized carbons (Fsp3) is 0.0667. The highest BCUT2D eigenvalue weighted by Gasteiger charge is 2.17. The highest BCUT2D eigenvalue weighted by Crippen LogP contribution is 2.34. The summed E-state index contributed by atoms with van der Waals surface area (Å²) in [6.07, 6.45) is -0.935. The van der Waals surface area contributed by atoms with Crippen LogP contribution < -0.4 is 0 Å². The maximum Gasteiger partial charge on any atom is 0.129 e. The molecule has 1 N–H and O–H groups in total. The largest absolute Gasteiger partial charge is 0.383 e. The topological polar surface area (TPSA) is 20.2 Å². The molecule has 4 heteroatoms. The Kier molecular flexibility index (Phi) is 3.39. The van der Waals surface area contributed by atoms with Crippen molar-refractivity contribution in [3.63, 3.8) is 0 Å². The Morgan fingerprint density at radius 1 is 1.11 bits per heavy atom. The third-order valence-electron chi connectivity index (χ3n) is 2.97. The summed E-state index contributed by atoms with van der Waals surface area (Å²) in [6, 6.07) is 14.4. The molecule has 0 saturated carbocycles. The molecule has 1 heterocycles. The summed E-state index contributed by atoms with van der Waals surface area (Å²) < 4.78 is 15.6. The summed E-state index contributed by atoms with van der Waals surface area (Å²) in [5.74, 6) is -0.395. The molecule has 0 aliphatic carbocycles. The van der Waals surface area contributed by atoms with E-state index in [2.05, 4.69) is 15.9 Å². The molecule has 0 fully saturated rings. The Labute approximate surface area is 122 Å². The molecule has 0 saturated heterocycles. The van der Waals surface area contributed by atoms with Gasteiger partial charge in [0.2, 0.25) is 0 Å². The smallest absolute Gasteiger partial charge is 0.129 e. The van der Waals surface area contributed by atoms with Crippen LogP contribution in [0.2, 0.25) is 0 Å². The van der Waals surface area contributed by atoms with Gasteiger partial charge >= 0.3 is 0 Å². The van der Waals surface area contributed by atoms with Gasteiger partial charge in [0.1, 0.15) is 11.9 Å². The number of halogens is 2. The fourth-order valence-electron chi connectivity index (χ4n) is 2.01. The molecular formula is C15H10BrFOS. The van der Waals surface area contributed by atoms with Crippen LogP contribution in [0.1, 0.15) is 16.5 Å². The van der Waals surface area contributed by atoms with Gasteiger partial charge in [-0.2, -0.15) is 0 Å². The van der Waals surface area contributed by atoms with Gasteiger partial charge in [0.05, 0.1) is 0 Å². The average Bonchev–Trinajstić information content (AvgIpc) is 2.84. The molecule has 1 atom stereocenters. The van der Waals surface area contributed by atoms with Gasteiger partial charge in [-0.05, 0) is 35.7 Å². The summed E-state index contributed by atoms with van der Waals surface area (Å²) in [5, 5.41) is 11.4. The molecule has 0 amide bonds. The second-order valence-corrected chi connectivity index (χ2v) is 6.29. The first-order valence-electron chi connectivity index (χ1n) is 5.76. The van der Waals surface area contributed by atoms with Crippen LogP contribution in [0.15, 0.2) is 53.0 Å². The SMILES string of the molecule is OC(c1cc2ccccc2s1)c1cc(Br)ccc1F. The highest BCUT2D eigenvalue weighted by atomic mass is 79.9. The van der Waals surface area contributed by atoms with E-state index < -0.39 is 11.9 Å². The Balaban J connectivity index is 2.07. The van der Waals surface area contributed by atoms with Crippen molar-refractivity contribution >= 4 is 37.4 Å². The summed E-state index contributed by atoms with van der Waals surface area (Å²) in [6.45, 7) is 0. The van der Waals surface area contributed by atoms with Crippen molar-refractivity contribution in [2.45, 2.75) is 6.10 Å². The second kappa shape index (κ2) is 5.04. The standard InChI is InChI=1S/C15H10BrFOS/c16-10-5-6-12(17)11(8-10)15(18)14-7-9-3-1-2-4-13(9)19-14/h1-8,15,18H. The maximum atomic E-state index is 13.8. The van der Waals surface area contributed by atoms with E-state index in [4.69, 9.17) is 0 Å². The molecule has 3 rings (SSSR count). The van der Waals surface area contributed by atoms with Gasteiger partial charge < -0.3 is 5.11 Å². The Hall–Kier alpha value is -1.23. The second-order valence-electron chi connectivity index (χ2n) is 4.25. The lowest BCUT2D eigenvalue weighted by atomic mass is 10.1. The number of rotatable bonds is 2. The number of hydrogen-bond donors (Lipinski definition) is 1. The summed E-state index contributed by atoms with van der Waals surface area (Å²) in [7, 11) is 0. The summed E-state index contributed by atoms with van der Waals surface area (Å²) >= 11 is 4.78. The van der Waals surface area contributed by atoms with Crippen molar-refractivity contribution in [2.75, 3.05) is 0 Å². The quantitative estimate of drug-likeness (QED) is 0.706. The van der Waals surface area contributed by atoms with E-state index in [1.54, 1.807) is 12.1 Å². The van der Waals surface area contributed by atoms with E-state index in [1.807, 2.05) is 30.3 Å². The number of aliphatic hydroxyl groups excluding tert-OH is 1. The lowest BCUT2D eigenvalue weighted by Gasteiger charge is -2.10. The number of hydrogen-bond acceptors (Lipinski definition) is 2. The van der Waals surface area contributed by atoms with Crippen LogP contribution in [0, 0.1) is 5.82 Å². The molecule has 3 aromatic rings. The van der Waals surface area contributed by atoms with E-state index in [1.165, 1.54) is 17.4 Å². The third-order valence-corrected chi connectivity index (χ3v) is 4.63. The molecule has 0 bridgehead atoms. The van der Waals surface area contributed by atoms with Crippen molar-refractivity contribution in [1.29, 1.82) is 0 Å². The van der Waals surface area contributed by atoms with Crippen LogP contribution in [-0.4, -0.2) is 5.11 Å². The van der Waals surface area contributed by atoms with E-state index in [0.717, 1.165) is 19.4 Å². The van der Waals surface area contributed by atoms with Gasteiger partial charge in [-0.3, -0.25) is 0 Å². The lowest BCUT2D eigenvalue weighted by Crippen LogP contribution is -2.00. The monoisotopic (exact) mass is 336 g/mol. The number of thiophene rings is 1. The van der Waals surface area contributed by atoms with Gasteiger partial charge in [-0.25, -0.2) is 4.39 Å². The summed E-state index contributed by atoms with van der Waals surface area (Å²) in [4.78, 5) is 0.748. The Bertz CT molecular complexity index is 705. The number of fused-ring (bicyclic) bond motifs is 1. The van der Waals surface area contributed by atoms with Gasteiger partial charge in [-0.1, -0.05) is 34.1 Å².